The Morgan fingerprint density at radius 3 is 2.47 bits per heavy atom. The van der Waals surface area contributed by atoms with E-state index in [2.05, 4.69) is 10.6 Å². The fourth-order valence-electron chi connectivity index (χ4n) is 1.70. The van der Waals surface area contributed by atoms with Crippen molar-refractivity contribution in [3.05, 3.63) is 24.2 Å². The molecule has 3 N–H and O–H groups in total. The smallest absolute Gasteiger partial charge is 0.326 e. The van der Waals surface area contributed by atoms with Crippen LogP contribution in [0, 0.1) is 5.92 Å². The predicted molar refractivity (Wildman–Crippen MR) is 69.8 cm³/mol. The Bertz CT molecular complexity index is 414. The first-order chi connectivity index (χ1) is 8.90. The maximum atomic E-state index is 11.7. The van der Waals surface area contributed by atoms with Gasteiger partial charge >= 0.3 is 12.0 Å². The van der Waals surface area contributed by atoms with Gasteiger partial charge in [-0.05, 0) is 25.0 Å². The van der Waals surface area contributed by atoms with Crippen molar-refractivity contribution in [3.63, 3.8) is 0 Å². The number of furan rings is 1. The third kappa shape index (κ3) is 5.03. The second kappa shape index (κ2) is 6.82. The Hall–Kier alpha value is -1.98. The molecule has 0 aliphatic carbocycles. The summed E-state index contributed by atoms with van der Waals surface area (Å²) in [5.74, 6) is -0.445. The van der Waals surface area contributed by atoms with Crippen LogP contribution in [0.3, 0.4) is 0 Å². The van der Waals surface area contributed by atoms with Crippen molar-refractivity contribution in [2.45, 2.75) is 39.3 Å². The molecule has 0 bridgehead atoms. The van der Waals surface area contributed by atoms with Crippen LogP contribution >= 0.6 is 0 Å². The third-order valence-corrected chi connectivity index (χ3v) is 2.68. The lowest BCUT2D eigenvalue weighted by molar-refractivity contribution is -0.140. The zero-order chi connectivity index (χ0) is 14.4. The summed E-state index contributed by atoms with van der Waals surface area (Å²) in [4.78, 5) is 22.6. The number of carboxylic acid groups (broad SMARTS) is 1. The molecule has 0 spiro atoms. The van der Waals surface area contributed by atoms with Gasteiger partial charge in [-0.15, -0.1) is 0 Å². The lowest BCUT2D eigenvalue weighted by atomic mass is 10.1. The van der Waals surface area contributed by atoms with Crippen molar-refractivity contribution in [3.8, 4) is 0 Å². The fraction of sp³-hybridized carbons (Fsp3) is 0.538. The van der Waals surface area contributed by atoms with E-state index in [0.29, 0.717) is 6.42 Å². The van der Waals surface area contributed by atoms with Gasteiger partial charge in [0.2, 0.25) is 0 Å². The molecule has 2 atom stereocenters. The Kier molecular flexibility index (Phi) is 5.41. The molecule has 0 aliphatic heterocycles. The first kappa shape index (κ1) is 15.1. The molecule has 6 heteroatoms. The van der Waals surface area contributed by atoms with Gasteiger partial charge in [-0.2, -0.15) is 0 Å². The molecule has 0 radical (unpaired) electrons. The van der Waals surface area contributed by atoms with Crippen LogP contribution in [0.5, 0.6) is 0 Å². The highest BCUT2D eigenvalue weighted by molar-refractivity contribution is 5.82. The molecule has 0 saturated carbocycles. The maximum Gasteiger partial charge on any atom is 0.326 e. The van der Waals surface area contributed by atoms with E-state index in [4.69, 9.17) is 9.52 Å². The predicted octanol–water partition coefficient (Wildman–Crippen LogP) is 1.62. The monoisotopic (exact) mass is 268 g/mol. The summed E-state index contributed by atoms with van der Waals surface area (Å²) in [5, 5.41) is 14.1. The standard InChI is InChI=1S/C13H20N2O4/c1-8(2)11(12(16)17)15-13(18)14-9(3)7-10-5-4-6-19-10/h4-6,8-9,11H,7H2,1-3H3,(H,16,17)(H2,14,15,18)/t9?,11-/m0/s1. The number of urea groups is 1. The number of hydrogen-bond donors (Lipinski definition) is 3. The minimum Gasteiger partial charge on any atom is -0.480 e. The van der Waals surface area contributed by atoms with Crippen molar-refractivity contribution < 1.29 is 19.1 Å². The van der Waals surface area contributed by atoms with Crippen molar-refractivity contribution in [2.75, 3.05) is 0 Å². The average Bonchev–Trinajstić information content (AvgIpc) is 2.77. The van der Waals surface area contributed by atoms with Crippen LogP contribution < -0.4 is 10.6 Å². The molecule has 19 heavy (non-hydrogen) atoms. The topological polar surface area (TPSA) is 91.6 Å². The number of rotatable bonds is 6. The van der Waals surface area contributed by atoms with E-state index in [1.807, 2.05) is 13.0 Å². The normalized spacial score (nSPS) is 13.9. The van der Waals surface area contributed by atoms with E-state index in [0.717, 1.165) is 5.76 Å². The summed E-state index contributed by atoms with van der Waals surface area (Å²) in [5.41, 5.74) is 0. The second-order valence-corrected chi connectivity index (χ2v) is 4.86. The number of aliphatic carboxylic acids is 1. The molecular formula is C13H20N2O4. The molecule has 6 nitrogen and oxygen atoms in total. The number of carbonyl (C=O) groups is 2. The lowest BCUT2D eigenvalue weighted by Crippen LogP contribution is -2.50. The summed E-state index contributed by atoms with van der Waals surface area (Å²) in [6.07, 6.45) is 2.13. The van der Waals surface area contributed by atoms with Crippen molar-refractivity contribution in [1.29, 1.82) is 0 Å². The summed E-state index contributed by atoms with van der Waals surface area (Å²) in [6, 6.07) is 2.08. The Morgan fingerprint density at radius 2 is 2.00 bits per heavy atom. The van der Waals surface area contributed by atoms with Gasteiger partial charge in [-0.3, -0.25) is 0 Å². The largest absolute Gasteiger partial charge is 0.480 e. The van der Waals surface area contributed by atoms with Gasteiger partial charge in [0.15, 0.2) is 0 Å². The van der Waals surface area contributed by atoms with E-state index >= 15 is 0 Å². The summed E-state index contributed by atoms with van der Waals surface area (Å²) >= 11 is 0. The van der Waals surface area contributed by atoms with Crippen molar-refractivity contribution in [2.24, 2.45) is 5.92 Å². The molecule has 1 heterocycles. The van der Waals surface area contributed by atoms with Crippen LogP contribution in [0.1, 0.15) is 26.5 Å². The van der Waals surface area contributed by atoms with E-state index < -0.39 is 18.0 Å². The van der Waals surface area contributed by atoms with Gasteiger partial charge in [0.25, 0.3) is 0 Å². The average molecular weight is 268 g/mol. The number of carbonyl (C=O) groups excluding carboxylic acids is 1. The quantitative estimate of drug-likeness (QED) is 0.731. The van der Waals surface area contributed by atoms with Gasteiger partial charge in [-0.25, -0.2) is 9.59 Å². The maximum absolute atomic E-state index is 11.7. The number of carboxylic acids is 1. The van der Waals surface area contributed by atoms with Crippen molar-refractivity contribution >= 4 is 12.0 Å². The first-order valence-electron chi connectivity index (χ1n) is 6.22. The number of hydrogen-bond acceptors (Lipinski definition) is 3. The first-order valence-corrected chi connectivity index (χ1v) is 6.22. The van der Waals surface area contributed by atoms with Crippen molar-refractivity contribution in [1.82, 2.24) is 10.6 Å². The van der Waals surface area contributed by atoms with E-state index in [9.17, 15) is 9.59 Å². The summed E-state index contributed by atoms with van der Waals surface area (Å²) < 4.78 is 5.18. The molecular weight excluding hydrogens is 248 g/mol. The van der Waals surface area contributed by atoms with Crippen LogP contribution in [0.4, 0.5) is 4.79 Å². The third-order valence-electron chi connectivity index (χ3n) is 2.68. The molecule has 1 unspecified atom stereocenters. The Morgan fingerprint density at radius 1 is 1.32 bits per heavy atom. The van der Waals surface area contributed by atoms with Gasteiger partial charge < -0.3 is 20.2 Å². The molecule has 1 rings (SSSR count). The van der Waals surface area contributed by atoms with Gasteiger partial charge in [-0.1, -0.05) is 13.8 Å². The number of nitrogens with one attached hydrogen (secondary N) is 2. The molecule has 0 fully saturated rings. The van der Waals surface area contributed by atoms with Crippen LogP contribution in [-0.4, -0.2) is 29.2 Å². The van der Waals surface area contributed by atoms with E-state index in [-0.39, 0.29) is 12.0 Å². The van der Waals surface area contributed by atoms with Crippen LogP contribution in [0.15, 0.2) is 22.8 Å². The highest BCUT2D eigenvalue weighted by Gasteiger charge is 2.23. The Balaban J connectivity index is 2.43. The highest BCUT2D eigenvalue weighted by Crippen LogP contribution is 2.04. The van der Waals surface area contributed by atoms with E-state index in [1.54, 1.807) is 26.2 Å². The highest BCUT2D eigenvalue weighted by atomic mass is 16.4. The lowest BCUT2D eigenvalue weighted by Gasteiger charge is -2.20. The number of amides is 2. The zero-order valence-electron chi connectivity index (χ0n) is 11.3. The molecule has 106 valence electrons. The molecule has 0 saturated heterocycles. The van der Waals surface area contributed by atoms with Crippen LogP contribution in [0.2, 0.25) is 0 Å². The minimum absolute atomic E-state index is 0.146. The summed E-state index contributed by atoms with van der Waals surface area (Å²) in [6.45, 7) is 5.31. The molecule has 1 aromatic rings. The Labute approximate surface area is 112 Å². The van der Waals surface area contributed by atoms with Crippen LogP contribution in [0.25, 0.3) is 0 Å². The molecule has 0 aliphatic rings. The second-order valence-electron chi connectivity index (χ2n) is 4.86. The zero-order valence-corrected chi connectivity index (χ0v) is 11.3. The summed E-state index contributed by atoms with van der Waals surface area (Å²) in [7, 11) is 0. The minimum atomic E-state index is -1.04. The van der Waals surface area contributed by atoms with Gasteiger partial charge in [0, 0.05) is 12.5 Å². The molecule has 2 amide bonds. The SMILES string of the molecule is CC(Cc1ccco1)NC(=O)N[C@H](C(=O)O)C(C)C. The van der Waals surface area contributed by atoms with Gasteiger partial charge in [0.1, 0.15) is 11.8 Å². The fourth-order valence-corrected chi connectivity index (χ4v) is 1.70. The molecule has 1 aromatic heterocycles. The molecule has 0 aromatic carbocycles. The van der Waals surface area contributed by atoms with Gasteiger partial charge in [0.05, 0.1) is 6.26 Å². The van der Waals surface area contributed by atoms with Crippen LogP contribution in [-0.2, 0) is 11.2 Å². The van der Waals surface area contributed by atoms with E-state index in [1.165, 1.54) is 0 Å².